The summed E-state index contributed by atoms with van der Waals surface area (Å²) >= 11 is 0. The van der Waals surface area contributed by atoms with Gasteiger partial charge >= 0.3 is 0 Å². The fourth-order valence-corrected chi connectivity index (χ4v) is 4.96. The largest absolute Gasteiger partial charge is 0.353 e. The molecule has 1 heterocycles. The monoisotopic (exact) mass is 355 g/mol. The van der Waals surface area contributed by atoms with E-state index in [-0.39, 0.29) is 17.0 Å². The summed E-state index contributed by atoms with van der Waals surface area (Å²) in [4.78, 5) is 27.0. The number of amides is 1. The Morgan fingerprint density at radius 2 is 1.92 bits per heavy atom. The number of carbonyl (C=O) groups is 1. The van der Waals surface area contributed by atoms with Gasteiger partial charge in [-0.3, -0.25) is 9.59 Å². The first-order valence-electron chi connectivity index (χ1n) is 9.91. The van der Waals surface area contributed by atoms with Crippen LogP contribution in [-0.4, -0.2) is 16.9 Å². The molecule has 2 aliphatic carbocycles. The molecule has 0 aromatic carbocycles. The number of carbonyl (C=O) groups excluding carboxylic acids is 1. The van der Waals surface area contributed by atoms with Gasteiger partial charge < -0.3 is 10.3 Å². The highest BCUT2D eigenvalue weighted by Crippen LogP contribution is 2.40. The number of nitrogens with one attached hydrogen (secondary N) is 2. The predicted molar refractivity (Wildman–Crippen MR) is 101 cm³/mol. The van der Waals surface area contributed by atoms with Crippen molar-refractivity contribution in [1.29, 1.82) is 5.26 Å². The molecule has 2 fully saturated rings. The first kappa shape index (κ1) is 18.7. The van der Waals surface area contributed by atoms with Crippen molar-refractivity contribution in [2.45, 2.75) is 77.7 Å². The van der Waals surface area contributed by atoms with Crippen LogP contribution >= 0.6 is 0 Å². The lowest BCUT2D eigenvalue weighted by molar-refractivity contribution is -0.122. The van der Waals surface area contributed by atoms with E-state index >= 15 is 0 Å². The van der Waals surface area contributed by atoms with Gasteiger partial charge in [0, 0.05) is 18.2 Å². The van der Waals surface area contributed by atoms with Crippen LogP contribution in [0, 0.1) is 37.0 Å². The number of fused-ring (bicyclic) bond motifs is 1. The lowest BCUT2D eigenvalue weighted by Gasteiger charge is -2.39. The van der Waals surface area contributed by atoms with Crippen LogP contribution in [0.4, 0.5) is 0 Å². The Morgan fingerprint density at radius 3 is 2.65 bits per heavy atom. The first-order chi connectivity index (χ1) is 12.5. The molecule has 5 heteroatoms. The van der Waals surface area contributed by atoms with Gasteiger partial charge in [-0.2, -0.15) is 5.26 Å². The molecule has 0 saturated heterocycles. The number of pyridine rings is 1. The average Bonchev–Trinajstić information content (AvgIpc) is 2.61. The Labute approximate surface area is 155 Å². The highest BCUT2D eigenvalue weighted by atomic mass is 16.1. The van der Waals surface area contributed by atoms with E-state index in [1.165, 1.54) is 32.1 Å². The van der Waals surface area contributed by atoms with E-state index in [1.807, 2.05) is 13.0 Å². The molecule has 2 N–H and O–H groups in total. The van der Waals surface area contributed by atoms with Crippen LogP contribution in [0.1, 0.15) is 73.8 Å². The van der Waals surface area contributed by atoms with E-state index in [1.54, 1.807) is 6.92 Å². The molecule has 0 bridgehead atoms. The van der Waals surface area contributed by atoms with Crippen LogP contribution in [0.3, 0.4) is 0 Å². The van der Waals surface area contributed by atoms with Crippen molar-refractivity contribution in [2.75, 3.05) is 0 Å². The zero-order chi connectivity index (χ0) is 18.7. The maximum atomic E-state index is 12.4. The SMILES string of the molecule is Cc1[nH]c(=O)c(C#N)c(C)c1CCC(=O)NC1CCC2CCCCC2C1. The summed E-state index contributed by atoms with van der Waals surface area (Å²) in [6, 6.07) is 2.28. The normalized spacial score (nSPS) is 25.2. The molecule has 2 aliphatic rings. The predicted octanol–water partition coefficient (Wildman–Crippen LogP) is 3.27. The van der Waals surface area contributed by atoms with E-state index in [4.69, 9.17) is 5.26 Å². The summed E-state index contributed by atoms with van der Waals surface area (Å²) in [5.41, 5.74) is 2.17. The fourth-order valence-electron chi connectivity index (χ4n) is 4.96. The molecular weight excluding hydrogens is 326 g/mol. The molecule has 140 valence electrons. The Bertz CT molecular complexity index is 775. The van der Waals surface area contributed by atoms with E-state index in [0.717, 1.165) is 35.9 Å². The fraction of sp³-hybridized carbons (Fsp3) is 0.667. The van der Waals surface area contributed by atoms with Gasteiger partial charge in [-0.1, -0.05) is 25.7 Å². The zero-order valence-electron chi connectivity index (χ0n) is 15.9. The molecule has 2 saturated carbocycles. The molecule has 3 unspecified atom stereocenters. The van der Waals surface area contributed by atoms with Crippen LogP contribution in [0.25, 0.3) is 0 Å². The number of nitriles is 1. The molecule has 3 atom stereocenters. The second kappa shape index (κ2) is 8.07. The van der Waals surface area contributed by atoms with Gasteiger partial charge in [0.15, 0.2) is 0 Å². The second-order valence-electron chi connectivity index (χ2n) is 8.05. The van der Waals surface area contributed by atoms with Crippen LogP contribution in [-0.2, 0) is 11.2 Å². The van der Waals surface area contributed by atoms with E-state index in [2.05, 4.69) is 10.3 Å². The van der Waals surface area contributed by atoms with E-state index in [9.17, 15) is 9.59 Å². The molecule has 0 radical (unpaired) electrons. The number of hydrogen-bond donors (Lipinski definition) is 2. The maximum absolute atomic E-state index is 12.4. The molecular formula is C21H29N3O2. The third-order valence-electron chi connectivity index (χ3n) is 6.43. The molecule has 1 aromatic rings. The second-order valence-corrected chi connectivity index (χ2v) is 8.05. The van der Waals surface area contributed by atoms with Crippen molar-refractivity contribution in [2.24, 2.45) is 11.8 Å². The van der Waals surface area contributed by atoms with Gasteiger partial charge in [0.2, 0.25) is 5.91 Å². The van der Waals surface area contributed by atoms with Crippen molar-refractivity contribution >= 4 is 5.91 Å². The summed E-state index contributed by atoms with van der Waals surface area (Å²) in [6.07, 6.45) is 9.83. The average molecular weight is 355 g/mol. The Kier molecular flexibility index (Phi) is 5.80. The molecule has 0 aliphatic heterocycles. The Morgan fingerprint density at radius 1 is 1.19 bits per heavy atom. The standard InChI is InChI=1S/C21H29N3O2/c1-13-18(14(2)23-21(26)19(13)12-22)9-10-20(25)24-17-8-7-15-5-3-4-6-16(15)11-17/h15-17H,3-11H2,1-2H3,(H,23,26)(H,24,25). The van der Waals surface area contributed by atoms with Gasteiger partial charge in [-0.15, -0.1) is 0 Å². The lowest BCUT2D eigenvalue weighted by Crippen LogP contribution is -2.41. The smallest absolute Gasteiger partial charge is 0.266 e. The van der Waals surface area contributed by atoms with Crippen molar-refractivity contribution in [1.82, 2.24) is 10.3 Å². The minimum atomic E-state index is -0.347. The molecule has 26 heavy (non-hydrogen) atoms. The van der Waals surface area contributed by atoms with Gasteiger partial charge in [0.25, 0.3) is 5.56 Å². The first-order valence-corrected chi connectivity index (χ1v) is 9.91. The van der Waals surface area contributed by atoms with Gasteiger partial charge in [-0.05, 0) is 62.5 Å². The maximum Gasteiger partial charge on any atom is 0.266 e. The Hall–Kier alpha value is -2.09. The summed E-state index contributed by atoms with van der Waals surface area (Å²) in [7, 11) is 0. The highest BCUT2D eigenvalue weighted by Gasteiger charge is 2.32. The number of hydrogen-bond acceptors (Lipinski definition) is 3. The Balaban J connectivity index is 1.57. The molecule has 1 aromatic heterocycles. The minimum Gasteiger partial charge on any atom is -0.353 e. The quantitative estimate of drug-likeness (QED) is 0.869. The summed E-state index contributed by atoms with van der Waals surface area (Å²) < 4.78 is 0. The van der Waals surface area contributed by atoms with Crippen LogP contribution < -0.4 is 10.9 Å². The van der Waals surface area contributed by atoms with Crippen molar-refractivity contribution < 1.29 is 4.79 Å². The van der Waals surface area contributed by atoms with E-state index in [0.29, 0.717) is 24.4 Å². The lowest BCUT2D eigenvalue weighted by atomic mass is 9.69. The van der Waals surface area contributed by atoms with Crippen molar-refractivity contribution in [3.05, 3.63) is 32.7 Å². The van der Waals surface area contributed by atoms with Crippen molar-refractivity contribution in [3.8, 4) is 6.07 Å². The van der Waals surface area contributed by atoms with Gasteiger partial charge in [0.05, 0.1) is 0 Å². The number of aromatic amines is 1. The number of aromatic nitrogens is 1. The molecule has 3 rings (SSSR count). The minimum absolute atomic E-state index is 0.0766. The molecule has 1 amide bonds. The zero-order valence-corrected chi connectivity index (χ0v) is 15.9. The summed E-state index contributed by atoms with van der Waals surface area (Å²) in [5.74, 6) is 1.75. The van der Waals surface area contributed by atoms with Crippen molar-refractivity contribution in [3.63, 3.8) is 0 Å². The topological polar surface area (TPSA) is 85.8 Å². The number of rotatable bonds is 4. The van der Waals surface area contributed by atoms with Crippen LogP contribution in [0.5, 0.6) is 0 Å². The van der Waals surface area contributed by atoms with E-state index < -0.39 is 0 Å². The molecule has 5 nitrogen and oxygen atoms in total. The third kappa shape index (κ3) is 4.00. The third-order valence-corrected chi connectivity index (χ3v) is 6.43. The number of aryl methyl sites for hydroxylation is 1. The molecule has 0 spiro atoms. The summed E-state index contributed by atoms with van der Waals surface area (Å²) in [6.45, 7) is 3.62. The highest BCUT2D eigenvalue weighted by molar-refractivity contribution is 5.76. The van der Waals surface area contributed by atoms with Gasteiger partial charge in [-0.25, -0.2) is 0 Å². The summed E-state index contributed by atoms with van der Waals surface area (Å²) in [5, 5.41) is 12.4. The van der Waals surface area contributed by atoms with Crippen LogP contribution in [0.15, 0.2) is 4.79 Å². The number of nitrogens with zero attached hydrogens (tertiary/aromatic N) is 1. The van der Waals surface area contributed by atoms with Crippen LogP contribution in [0.2, 0.25) is 0 Å². The number of H-pyrrole nitrogens is 1. The van der Waals surface area contributed by atoms with Gasteiger partial charge in [0.1, 0.15) is 11.6 Å².